The monoisotopic (exact) mass is 276 g/mol. The van der Waals surface area contributed by atoms with Crippen molar-refractivity contribution < 1.29 is 4.79 Å². The van der Waals surface area contributed by atoms with Crippen LogP contribution in [0.1, 0.15) is 36.2 Å². The summed E-state index contributed by atoms with van der Waals surface area (Å²) >= 11 is 0. The summed E-state index contributed by atoms with van der Waals surface area (Å²) in [6, 6.07) is 0. The van der Waals surface area contributed by atoms with Crippen molar-refractivity contribution >= 4 is 5.91 Å². The van der Waals surface area contributed by atoms with Crippen LogP contribution in [0, 0.1) is 5.41 Å². The molecule has 0 aliphatic carbocycles. The molecule has 3 heterocycles. The standard InChI is InChI=1S/C15H24N4O/c1-17-8-5-15(6-9-17)4-3-7-19(11-15)14(20)13-10-16-12-18(13)2/h10,12H,3-9,11H2,1-2H3. The Bertz CT molecular complexity index is 488. The molecule has 1 amide bonds. The van der Waals surface area contributed by atoms with Crippen LogP contribution < -0.4 is 0 Å². The number of rotatable bonds is 1. The van der Waals surface area contributed by atoms with Gasteiger partial charge in [0.2, 0.25) is 0 Å². The first kappa shape index (κ1) is 13.6. The van der Waals surface area contributed by atoms with Gasteiger partial charge in [0.1, 0.15) is 5.69 Å². The first-order valence-electron chi connectivity index (χ1n) is 7.54. The molecule has 0 atom stereocenters. The Labute approximate surface area is 120 Å². The second-order valence-electron chi connectivity index (χ2n) is 6.52. The Morgan fingerprint density at radius 1 is 1.20 bits per heavy atom. The van der Waals surface area contributed by atoms with E-state index in [0.29, 0.717) is 11.1 Å². The minimum absolute atomic E-state index is 0.142. The molecule has 110 valence electrons. The van der Waals surface area contributed by atoms with Crippen LogP contribution in [0.15, 0.2) is 12.5 Å². The third-order valence-corrected chi connectivity index (χ3v) is 5.03. The molecule has 5 heteroatoms. The molecule has 5 nitrogen and oxygen atoms in total. The smallest absolute Gasteiger partial charge is 0.272 e. The fraction of sp³-hybridized carbons (Fsp3) is 0.733. The molecule has 0 bridgehead atoms. The summed E-state index contributed by atoms with van der Waals surface area (Å²) in [4.78, 5) is 21.1. The number of hydrogen-bond acceptors (Lipinski definition) is 3. The van der Waals surface area contributed by atoms with Crippen LogP contribution in [0.3, 0.4) is 0 Å². The van der Waals surface area contributed by atoms with E-state index in [0.717, 1.165) is 32.6 Å². The average molecular weight is 276 g/mol. The Morgan fingerprint density at radius 3 is 2.60 bits per heavy atom. The van der Waals surface area contributed by atoms with Gasteiger partial charge in [0.15, 0.2) is 0 Å². The van der Waals surface area contributed by atoms with Gasteiger partial charge in [-0.3, -0.25) is 4.79 Å². The summed E-state index contributed by atoms with van der Waals surface area (Å²) < 4.78 is 1.82. The molecule has 2 saturated heterocycles. The van der Waals surface area contributed by atoms with E-state index < -0.39 is 0 Å². The highest BCUT2D eigenvalue weighted by molar-refractivity contribution is 5.92. The minimum atomic E-state index is 0.142. The summed E-state index contributed by atoms with van der Waals surface area (Å²) in [5.74, 6) is 0.142. The number of imidazole rings is 1. The predicted molar refractivity (Wildman–Crippen MR) is 77.5 cm³/mol. The van der Waals surface area contributed by atoms with E-state index in [1.54, 1.807) is 12.5 Å². The Morgan fingerprint density at radius 2 is 1.95 bits per heavy atom. The molecule has 1 aromatic rings. The van der Waals surface area contributed by atoms with Crippen molar-refractivity contribution in [3.8, 4) is 0 Å². The van der Waals surface area contributed by atoms with Crippen LogP contribution >= 0.6 is 0 Å². The van der Waals surface area contributed by atoms with Gasteiger partial charge in [0.05, 0.1) is 12.5 Å². The third-order valence-electron chi connectivity index (χ3n) is 5.03. The number of carbonyl (C=O) groups excluding carboxylic acids is 1. The van der Waals surface area contributed by atoms with E-state index in [9.17, 15) is 4.79 Å². The van der Waals surface area contributed by atoms with Crippen molar-refractivity contribution in [2.75, 3.05) is 33.2 Å². The van der Waals surface area contributed by atoms with Crippen LogP contribution in [-0.2, 0) is 7.05 Å². The number of likely N-dealkylation sites (tertiary alicyclic amines) is 2. The molecule has 1 spiro atoms. The number of hydrogen-bond donors (Lipinski definition) is 0. The lowest BCUT2D eigenvalue weighted by molar-refractivity contribution is 0.0255. The van der Waals surface area contributed by atoms with E-state index >= 15 is 0 Å². The van der Waals surface area contributed by atoms with E-state index in [1.807, 2.05) is 16.5 Å². The van der Waals surface area contributed by atoms with E-state index in [4.69, 9.17) is 0 Å². The van der Waals surface area contributed by atoms with Gasteiger partial charge < -0.3 is 14.4 Å². The molecule has 0 aromatic carbocycles. The largest absolute Gasteiger partial charge is 0.337 e. The number of aromatic nitrogens is 2. The maximum Gasteiger partial charge on any atom is 0.272 e. The van der Waals surface area contributed by atoms with Gasteiger partial charge in [-0.2, -0.15) is 0 Å². The Hall–Kier alpha value is -1.36. The van der Waals surface area contributed by atoms with Gasteiger partial charge in [-0.15, -0.1) is 0 Å². The summed E-state index contributed by atoms with van der Waals surface area (Å²) in [6.07, 6.45) is 8.22. The zero-order valence-corrected chi connectivity index (χ0v) is 12.5. The summed E-state index contributed by atoms with van der Waals surface area (Å²) in [5.41, 5.74) is 1.06. The lowest BCUT2D eigenvalue weighted by Crippen LogP contribution is -2.50. The highest BCUT2D eigenvalue weighted by atomic mass is 16.2. The van der Waals surface area contributed by atoms with Crippen LogP contribution in [0.4, 0.5) is 0 Å². The van der Waals surface area contributed by atoms with Crippen molar-refractivity contribution in [1.29, 1.82) is 0 Å². The molecule has 2 fully saturated rings. The molecule has 20 heavy (non-hydrogen) atoms. The SMILES string of the molecule is CN1CCC2(CCCN(C(=O)c3cncn3C)C2)CC1. The molecular formula is C15H24N4O. The normalized spacial score (nSPS) is 23.2. The van der Waals surface area contributed by atoms with Gasteiger partial charge in [0.25, 0.3) is 5.91 Å². The summed E-state index contributed by atoms with van der Waals surface area (Å²) in [7, 11) is 4.07. The molecule has 0 radical (unpaired) electrons. The third kappa shape index (κ3) is 2.46. The maximum absolute atomic E-state index is 12.6. The topological polar surface area (TPSA) is 41.4 Å². The molecule has 0 unspecified atom stereocenters. The quantitative estimate of drug-likeness (QED) is 0.778. The van der Waals surface area contributed by atoms with Crippen molar-refractivity contribution in [3.63, 3.8) is 0 Å². The van der Waals surface area contributed by atoms with Gasteiger partial charge in [0, 0.05) is 20.1 Å². The molecule has 1 aromatic heterocycles. The van der Waals surface area contributed by atoms with Crippen LogP contribution in [0.2, 0.25) is 0 Å². The molecule has 2 aliphatic heterocycles. The minimum Gasteiger partial charge on any atom is -0.337 e. The number of aryl methyl sites for hydroxylation is 1. The fourth-order valence-corrected chi connectivity index (χ4v) is 3.61. The van der Waals surface area contributed by atoms with Gasteiger partial charge in [-0.25, -0.2) is 4.98 Å². The second-order valence-corrected chi connectivity index (χ2v) is 6.52. The first-order valence-corrected chi connectivity index (χ1v) is 7.54. The summed E-state index contributed by atoms with van der Waals surface area (Å²) in [5, 5.41) is 0. The number of amides is 1. The van der Waals surface area contributed by atoms with E-state index in [2.05, 4.69) is 16.9 Å². The molecule has 0 N–H and O–H groups in total. The average Bonchev–Trinajstić information content (AvgIpc) is 2.88. The Balaban J connectivity index is 1.72. The van der Waals surface area contributed by atoms with Crippen molar-refractivity contribution in [1.82, 2.24) is 19.4 Å². The molecule has 0 saturated carbocycles. The van der Waals surface area contributed by atoms with Crippen LogP contribution in [-0.4, -0.2) is 58.5 Å². The van der Waals surface area contributed by atoms with Crippen molar-refractivity contribution in [3.05, 3.63) is 18.2 Å². The lowest BCUT2D eigenvalue weighted by atomic mass is 9.72. The fourth-order valence-electron chi connectivity index (χ4n) is 3.61. The lowest BCUT2D eigenvalue weighted by Gasteiger charge is -2.47. The van der Waals surface area contributed by atoms with Crippen molar-refractivity contribution in [2.45, 2.75) is 25.7 Å². The highest BCUT2D eigenvalue weighted by Crippen LogP contribution is 2.39. The number of nitrogens with zero attached hydrogens (tertiary/aromatic N) is 4. The van der Waals surface area contributed by atoms with E-state index in [-0.39, 0.29) is 5.91 Å². The zero-order chi connectivity index (χ0) is 14.2. The molecular weight excluding hydrogens is 252 g/mol. The zero-order valence-electron chi connectivity index (χ0n) is 12.5. The summed E-state index contributed by atoms with van der Waals surface area (Å²) in [6.45, 7) is 4.13. The van der Waals surface area contributed by atoms with Gasteiger partial charge >= 0.3 is 0 Å². The molecule has 3 rings (SSSR count). The number of carbonyl (C=O) groups is 1. The predicted octanol–water partition coefficient (Wildman–Crippen LogP) is 1.37. The Kier molecular flexibility index (Phi) is 3.54. The second kappa shape index (κ2) is 5.20. The maximum atomic E-state index is 12.6. The van der Waals surface area contributed by atoms with Crippen LogP contribution in [0.25, 0.3) is 0 Å². The first-order chi connectivity index (χ1) is 9.60. The van der Waals surface area contributed by atoms with Gasteiger partial charge in [-0.05, 0) is 51.2 Å². The molecule has 2 aliphatic rings. The number of piperidine rings is 2. The van der Waals surface area contributed by atoms with Crippen molar-refractivity contribution in [2.24, 2.45) is 12.5 Å². The van der Waals surface area contributed by atoms with Gasteiger partial charge in [-0.1, -0.05) is 0 Å². The van der Waals surface area contributed by atoms with Crippen LogP contribution in [0.5, 0.6) is 0 Å². The highest BCUT2D eigenvalue weighted by Gasteiger charge is 2.39. The van der Waals surface area contributed by atoms with E-state index in [1.165, 1.54) is 19.3 Å².